The Balaban J connectivity index is 2.74. The molecule has 98 valence electrons. The normalized spacial score (nSPS) is 14.1. The molecule has 0 radical (unpaired) electrons. The van der Waals surface area contributed by atoms with E-state index in [0.717, 1.165) is 0 Å². The summed E-state index contributed by atoms with van der Waals surface area (Å²) in [4.78, 5) is 0. The molecule has 0 amide bonds. The third-order valence-corrected chi connectivity index (χ3v) is 2.84. The van der Waals surface area contributed by atoms with Crippen molar-refractivity contribution in [1.29, 1.82) is 5.26 Å². The average molecular weight is 267 g/mol. The van der Waals surface area contributed by atoms with Gasteiger partial charge in [-0.3, -0.25) is 0 Å². The fraction of sp³-hybridized carbons (Fsp3) is 0.500. The van der Waals surface area contributed by atoms with Crippen molar-refractivity contribution in [1.82, 2.24) is 0 Å². The van der Waals surface area contributed by atoms with Crippen molar-refractivity contribution in [2.45, 2.75) is 32.8 Å². The Morgan fingerprint density at radius 3 is 2.72 bits per heavy atom. The largest absolute Gasteiger partial charge is 0.388 e. The summed E-state index contributed by atoms with van der Waals surface area (Å²) in [5.74, 6) is 0.414. The molecule has 0 bridgehead atoms. The van der Waals surface area contributed by atoms with E-state index in [2.05, 4.69) is 25.2 Å². The number of halogens is 1. The Bertz CT molecular complexity index is 450. The third kappa shape index (κ3) is 4.56. The monoisotopic (exact) mass is 266 g/mol. The van der Waals surface area contributed by atoms with E-state index >= 15 is 0 Å². The number of nitrogens with zero attached hydrogens (tertiary/aromatic N) is 1. The molecular weight excluding hydrogens is 248 g/mol. The van der Waals surface area contributed by atoms with Gasteiger partial charge in [-0.25, -0.2) is 0 Å². The van der Waals surface area contributed by atoms with E-state index in [1.54, 1.807) is 25.1 Å². The van der Waals surface area contributed by atoms with Crippen LogP contribution < -0.4 is 5.32 Å². The summed E-state index contributed by atoms with van der Waals surface area (Å²) in [6.07, 6.45) is 0.697. The molecule has 0 fully saturated rings. The molecule has 0 heterocycles. The Labute approximate surface area is 113 Å². The number of hydrogen-bond acceptors (Lipinski definition) is 3. The van der Waals surface area contributed by atoms with Crippen molar-refractivity contribution >= 4 is 17.3 Å². The van der Waals surface area contributed by atoms with Crippen molar-refractivity contribution in [3.05, 3.63) is 28.8 Å². The number of hydrogen-bond donors (Lipinski definition) is 2. The summed E-state index contributed by atoms with van der Waals surface area (Å²) in [6.45, 7) is 6.31. The van der Waals surface area contributed by atoms with Crippen LogP contribution in [0.2, 0.25) is 5.02 Å². The minimum absolute atomic E-state index is 0.389. The maximum Gasteiger partial charge on any atom is 0.101 e. The second-order valence-electron chi connectivity index (χ2n) is 5.25. The van der Waals surface area contributed by atoms with Crippen LogP contribution >= 0.6 is 11.6 Å². The van der Waals surface area contributed by atoms with E-state index in [0.29, 0.717) is 35.2 Å². The van der Waals surface area contributed by atoms with E-state index in [4.69, 9.17) is 16.9 Å². The van der Waals surface area contributed by atoms with Crippen LogP contribution in [0.3, 0.4) is 0 Å². The molecule has 0 spiro atoms. The molecule has 0 saturated carbocycles. The Kier molecular flexibility index (Phi) is 5.01. The highest BCUT2D eigenvalue weighted by molar-refractivity contribution is 6.30. The lowest BCUT2D eigenvalue weighted by Gasteiger charge is -2.26. The summed E-state index contributed by atoms with van der Waals surface area (Å²) >= 11 is 5.90. The van der Waals surface area contributed by atoms with Crippen molar-refractivity contribution in [2.75, 3.05) is 11.9 Å². The smallest absolute Gasteiger partial charge is 0.101 e. The maximum absolute atomic E-state index is 10.2. The Morgan fingerprint density at radius 2 is 2.17 bits per heavy atom. The lowest BCUT2D eigenvalue weighted by Crippen LogP contribution is -2.35. The number of nitriles is 1. The van der Waals surface area contributed by atoms with Crippen LogP contribution in [0.15, 0.2) is 18.2 Å². The van der Waals surface area contributed by atoms with Gasteiger partial charge in [0.25, 0.3) is 0 Å². The quantitative estimate of drug-likeness (QED) is 0.859. The molecule has 1 aromatic carbocycles. The standard InChI is InChI=1S/C14H19ClN2O/c1-10(2)7-14(3,18)9-17-13-6-12(15)5-4-11(13)8-16/h4-6,10,17-18H,7,9H2,1-3H3. The zero-order chi connectivity index (χ0) is 13.8. The van der Waals surface area contributed by atoms with Gasteiger partial charge < -0.3 is 10.4 Å². The van der Waals surface area contributed by atoms with Crippen molar-refractivity contribution in [3.63, 3.8) is 0 Å². The molecule has 1 rings (SSSR count). The van der Waals surface area contributed by atoms with Gasteiger partial charge in [0.1, 0.15) is 6.07 Å². The molecule has 0 aliphatic carbocycles. The number of rotatable bonds is 5. The van der Waals surface area contributed by atoms with Crippen LogP contribution in [0, 0.1) is 17.2 Å². The fourth-order valence-corrected chi connectivity index (χ4v) is 2.17. The number of benzene rings is 1. The van der Waals surface area contributed by atoms with Crippen LogP contribution in [0.1, 0.15) is 32.8 Å². The van der Waals surface area contributed by atoms with Gasteiger partial charge in [0.2, 0.25) is 0 Å². The third-order valence-electron chi connectivity index (χ3n) is 2.61. The van der Waals surface area contributed by atoms with Gasteiger partial charge in [-0.15, -0.1) is 0 Å². The molecule has 0 aliphatic rings. The molecule has 4 heteroatoms. The molecular formula is C14H19ClN2O. The molecule has 0 aliphatic heterocycles. The van der Waals surface area contributed by atoms with Gasteiger partial charge in [-0.05, 0) is 37.5 Å². The maximum atomic E-state index is 10.2. The zero-order valence-corrected chi connectivity index (χ0v) is 11.8. The zero-order valence-electron chi connectivity index (χ0n) is 11.0. The predicted octanol–water partition coefficient (Wildman–Crippen LogP) is 3.42. The first-order valence-corrected chi connectivity index (χ1v) is 6.38. The van der Waals surface area contributed by atoms with Gasteiger partial charge in [-0.2, -0.15) is 5.26 Å². The minimum Gasteiger partial charge on any atom is -0.388 e. The molecule has 1 aromatic rings. The van der Waals surface area contributed by atoms with Gasteiger partial charge in [0.15, 0.2) is 0 Å². The number of nitrogens with one attached hydrogen (secondary N) is 1. The molecule has 0 saturated heterocycles. The van der Waals surface area contributed by atoms with E-state index in [1.165, 1.54) is 0 Å². The van der Waals surface area contributed by atoms with E-state index in [-0.39, 0.29) is 0 Å². The van der Waals surface area contributed by atoms with Crippen molar-refractivity contribution in [2.24, 2.45) is 5.92 Å². The minimum atomic E-state index is -0.802. The van der Waals surface area contributed by atoms with Crippen LogP contribution in [0.4, 0.5) is 5.69 Å². The molecule has 18 heavy (non-hydrogen) atoms. The lowest BCUT2D eigenvalue weighted by atomic mass is 9.94. The van der Waals surface area contributed by atoms with E-state index in [9.17, 15) is 5.11 Å². The predicted molar refractivity (Wildman–Crippen MR) is 74.7 cm³/mol. The summed E-state index contributed by atoms with van der Waals surface area (Å²) in [7, 11) is 0. The molecule has 1 atom stereocenters. The van der Waals surface area contributed by atoms with Crippen LogP contribution in [0.5, 0.6) is 0 Å². The highest BCUT2D eigenvalue weighted by Crippen LogP contribution is 2.22. The first-order valence-electron chi connectivity index (χ1n) is 6.00. The SMILES string of the molecule is CC(C)CC(C)(O)CNc1cc(Cl)ccc1C#N. The lowest BCUT2D eigenvalue weighted by molar-refractivity contribution is 0.0515. The Morgan fingerprint density at radius 1 is 1.50 bits per heavy atom. The molecule has 3 nitrogen and oxygen atoms in total. The first kappa shape index (κ1) is 14.8. The first-order chi connectivity index (χ1) is 8.34. The second-order valence-corrected chi connectivity index (χ2v) is 5.69. The number of aliphatic hydroxyl groups is 1. The van der Waals surface area contributed by atoms with Crippen LogP contribution in [-0.4, -0.2) is 17.3 Å². The van der Waals surface area contributed by atoms with Gasteiger partial charge in [0.05, 0.1) is 16.9 Å². The molecule has 0 aromatic heterocycles. The average Bonchev–Trinajstić information content (AvgIpc) is 2.25. The topological polar surface area (TPSA) is 56.0 Å². The summed E-state index contributed by atoms with van der Waals surface area (Å²) < 4.78 is 0. The Hall–Kier alpha value is -1.24. The number of anilines is 1. The highest BCUT2D eigenvalue weighted by Gasteiger charge is 2.21. The molecule has 2 N–H and O–H groups in total. The van der Waals surface area contributed by atoms with Crippen molar-refractivity contribution in [3.8, 4) is 6.07 Å². The summed E-state index contributed by atoms with van der Waals surface area (Å²) in [6, 6.07) is 7.14. The van der Waals surface area contributed by atoms with Crippen LogP contribution in [0.25, 0.3) is 0 Å². The van der Waals surface area contributed by atoms with Crippen LogP contribution in [-0.2, 0) is 0 Å². The van der Waals surface area contributed by atoms with Gasteiger partial charge in [0, 0.05) is 11.6 Å². The molecule has 1 unspecified atom stereocenters. The van der Waals surface area contributed by atoms with Crippen molar-refractivity contribution < 1.29 is 5.11 Å². The van der Waals surface area contributed by atoms with E-state index < -0.39 is 5.60 Å². The fourth-order valence-electron chi connectivity index (χ4n) is 2.00. The van der Waals surface area contributed by atoms with E-state index in [1.807, 2.05) is 0 Å². The highest BCUT2D eigenvalue weighted by atomic mass is 35.5. The summed E-state index contributed by atoms with van der Waals surface area (Å²) in [5.41, 5.74) is 0.386. The summed E-state index contributed by atoms with van der Waals surface area (Å²) in [5, 5.41) is 22.9. The van der Waals surface area contributed by atoms with Gasteiger partial charge in [-0.1, -0.05) is 25.4 Å². The van der Waals surface area contributed by atoms with Gasteiger partial charge >= 0.3 is 0 Å². The second kappa shape index (κ2) is 6.08.